The van der Waals surface area contributed by atoms with Gasteiger partial charge in [-0.15, -0.1) is 6.42 Å². The molecule has 45 heavy (non-hydrogen) atoms. The van der Waals surface area contributed by atoms with Gasteiger partial charge in [0.1, 0.15) is 16.9 Å². The molecule has 234 valence electrons. The minimum absolute atomic E-state index is 0.0747. The van der Waals surface area contributed by atoms with Crippen molar-refractivity contribution in [3.8, 4) is 29.6 Å². The summed E-state index contributed by atoms with van der Waals surface area (Å²) in [4.78, 5) is 33.9. The maximum Gasteiger partial charge on any atom is 0.407 e. The first-order valence-corrected chi connectivity index (χ1v) is 16.0. The Morgan fingerprint density at radius 2 is 1.91 bits per heavy atom. The Bertz CT molecular complexity index is 1870. The van der Waals surface area contributed by atoms with Crippen LogP contribution in [-0.4, -0.2) is 62.4 Å². The fraction of sp³-hybridized carbons (Fsp3) is 0.472. The van der Waals surface area contributed by atoms with Gasteiger partial charge in [0.25, 0.3) is 5.91 Å². The number of likely N-dealkylation sites (tertiary alicyclic amines) is 1. The van der Waals surface area contributed by atoms with Crippen molar-refractivity contribution < 1.29 is 19.1 Å². The lowest BCUT2D eigenvalue weighted by Crippen LogP contribution is -2.50. The molecule has 9 nitrogen and oxygen atoms in total. The number of benzene rings is 2. The van der Waals surface area contributed by atoms with E-state index in [0.717, 1.165) is 59.3 Å². The molecule has 1 saturated heterocycles. The molecule has 4 aromatic rings. The number of amides is 2. The highest BCUT2D eigenvalue weighted by Crippen LogP contribution is 2.40. The SMILES string of the molecule is C#Cc1cccc2cc(-c3nc4cc(C(=O)N5C[C@H]6CCC[C@@H]5C6NC(=O)OC(C)(C)C)cc(OC)c4n3C)n(CC3CC3)c12. The second kappa shape index (κ2) is 10.9. The highest BCUT2D eigenvalue weighted by atomic mass is 16.6. The molecule has 0 radical (unpaired) electrons. The Morgan fingerprint density at radius 1 is 1.11 bits per heavy atom. The fourth-order valence-corrected chi connectivity index (χ4v) is 7.46. The van der Waals surface area contributed by atoms with Gasteiger partial charge >= 0.3 is 6.09 Å². The largest absolute Gasteiger partial charge is 0.494 e. The van der Waals surface area contributed by atoms with Crippen LogP contribution in [0.4, 0.5) is 4.79 Å². The predicted molar refractivity (Wildman–Crippen MR) is 174 cm³/mol. The molecule has 3 atom stereocenters. The Balaban J connectivity index is 1.25. The fourth-order valence-electron chi connectivity index (χ4n) is 7.46. The average Bonchev–Trinajstić information content (AvgIpc) is 3.62. The van der Waals surface area contributed by atoms with E-state index in [9.17, 15) is 9.59 Å². The number of hydrogen-bond acceptors (Lipinski definition) is 5. The van der Waals surface area contributed by atoms with E-state index >= 15 is 0 Å². The Hall–Kier alpha value is -4.45. The number of hydrogen-bond donors (Lipinski definition) is 1. The third-order valence-corrected chi connectivity index (χ3v) is 9.62. The molecule has 2 aliphatic carbocycles. The molecule has 9 heteroatoms. The number of terminal acetylenes is 1. The second-order valence-corrected chi connectivity index (χ2v) is 13.9. The molecule has 2 aromatic carbocycles. The van der Waals surface area contributed by atoms with Gasteiger partial charge in [-0.05, 0) is 82.6 Å². The van der Waals surface area contributed by atoms with Gasteiger partial charge in [0, 0.05) is 36.7 Å². The van der Waals surface area contributed by atoms with Crippen LogP contribution in [0.1, 0.15) is 68.8 Å². The zero-order chi connectivity index (χ0) is 31.6. The summed E-state index contributed by atoms with van der Waals surface area (Å²) in [6.07, 6.45) is 10.7. The van der Waals surface area contributed by atoms with E-state index in [4.69, 9.17) is 20.9 Å². The number of methoxy groups -OCH3 is 1. The maximum absolute atomic E-state index is 14.2. The number of para-hydroxylation sites is 1. The van der Waals surface area contributed by atoms with Crippen LogP contribution in [0, 0.1) is 24.2 Å². The van der Waals surface area contributed by atoms with Crippen molar-refractivity contribution in [3.63, 3.8) is 0 Å². The summed E-state index contributed by atoms with van der Waals surface area (Å²) in [6, 6.07) is 11.7. The van der Waals surface area contributed by atoms with E-state index in [2.05, 4.69) is 32.5 Å². The summed E-state index contributed by atoms with van der Waals surface area (Å²) in [5.41, 5.74) is 4.40. The molecule has 7 rings (SSSR count). The third kappa shape index (κ3) is 5.20. The number of aromatic nitrogens is 3. The van der Waals surface area contributed by atoms with Crippen LogP contribution >= 0.6 is 0 Å². The van der Waals surface area contributed by atoms with E-state index in [1.165, 1.54) is 12.8 Å². The van der Waals surface area contributed by atoms with Gasteiger partial charge in [0.2, 0.25) is 0 Å². The standard InChI is InChI=1S/C36H41N5O4/c1-7-22-10-8-11-23-17-28(40(31(22)23)19-21-14-15-21)33-37-26-16-25(18-29(44-6)32(26)39(33)5)34(42)41-20-24-12-9-13-27(41)30(24)38-35(43)45-36(2,3)4/h1,8,10-11,16-18,21,24,27,30H,9,12-15,19-20H2,2-6H3,(H,38,43)/t24-,27-,30?/m1/s1. The third-order valence-electron chi connectivity index (χ3n) is 9.62. The smallest absolute Gasteiger partial charge is 0.407 e. The van der Waals surface area contributed by atoms with Gasteiger partial charge < -0.3 is 28.8 Å². The number of fused-ring (bicyclic) bond motifs is 4. The molecule has 3 fully saturated rings. The number of nitrogens with zero attached hydrogens (tertiary/aromatic N) is 4. The molecular weight excluding hydrogens is 566 g/mol. The number of imidazole rings is 1. The molecule has 1 aliphatic heterocycles. The lowest BCUT2D eigenvalue weighted by Gasteiger charge is -2.33. The van der Waals surface area contributed by atoms with Crippen molar-refractivity contribution >= 4 is 33.9 Å². The lowest BCUT2D eigenvalue weighted by atomic mass is 9.85. The van der Waals surface area contributed by atoms with Crippen molar-refractivity contribution in [2.75, 3.05) is 13.7 Å². The molecule has 3 heterocycles. The molecule has 2 amide bonds. The molecule has 2 aromatic heterocycles. The summed E-state index contributed by atoms with van der Waals surface area (Å²) in [5.74, 6) is 5.01. The van der Waals surface area contributed by atoms with E-state index in [0.29, 0.717) is 29.3 Å². The molecular formula is C36H41N5O4. The topological polar surface area (TPSA) is 90.6 Å². The second-order valence-electron chi connectivity index (χ2n) is 13.9. The molecule has 2 bridgehead atoms. The zero-order valence-electron chi connectivity index (χ0n) is 26.7. The first kappa shape index (κ1) is 29.3. The minimum Gasteiger partial charge on any atom is -0.494 e. The summed E-state index contributed by atoms with van der Waals surface area (Å²) >= 11 is 0. The summed E-state index contributed by atoms with van der Waals surface area (Å²) < 4.78 is 15.8. The van der Waals surface area contributed by atoms with Crippen LogP contribution in [0.15, 0.2) is 36.4 Å². The number of rotatable bonds is 6. The van der Waals surface area contributed by atoms with Crippen LogP contribution in [0.25, 0.3) is 33.5 Å². The van der Waals surface area contributed by atoms with Gasteiger partial charge in [0.15, 0.2) is 5.82 Å². The van der Waals surface area contributed by atoms with Crippen molar-refractivity contribution in [2.45, 2.75) is 77.1 Å². The van der Waals surface area contributed by atoms with Crippen LogP contribution < -0.4 is 10.1 Å². The molecule has 2 saturated carbocycles. The molecule has 1 N–H and O–H groups in total. The van der Waals surface area contributed by atoms with Gasteiger partial charge in [0.05, 0.1) is 35.9 Å². The summed E-state index contributed by atoms with van der Waals surface area (Å²) in [7, 11) is 3.62. The Kier molecular flexibility index (Phi) is 7.07. The average molecular weight is 608 g/mol. The highest BCUT2D eigenvalue weighted by Gasteiger charge is 2.47. The van der Waals surface area contributed by atoms with Gasteiger partial charge in [-0.25, -0.2) is 9.78 Å². The number of alkyl carbamates (subject to hydrolysis) is 1. The first-order chi connectivity index (χ1) is 21.6. The molecule has 1 unspecified atom stereocenters. The number of ether oxygens (including phenoxy) is 2. The Morgan fingerprint density at radius 3 is 2.62 bits per heavy atom. The maximum atomic E-state index is 14.2. The van der Waals surface area contributed by atoms with Crippen molar-refractivity contribution in [3.05, 3.63) is 47.5 Å². The quantitative estimate of drug-likeness (QED) is 0.267. The monoisotopic (exact) mass is 607 g/mol. The number of aryl methyl sites for hydroxylation is 1. The number of nitrogens with one attached hydrogen (secondary N) is 1. The predicted octanol–water partition coefficient (Wildman–Crippen LogP) is 6.11. The van der Waals surface area contributed by atoms with Crippen LogP contribution in [-0.2, 0) is 18.3 Å². The Labute approximate surface area is 263 Å². The van der Waals surface area contributed by atoms with E-state index in [-0.39, 0.29) is 23.9 Å². The normalized spacial score (nSPS) is 21.2. The molecule has 0 spiro atoms. The van der Waals surface area contributed by atoms with Crippen molar-refractivity contribution in [1.82, 2.24) is 24.3 Å². The highest BCUT2D eigenvalue weighted by molar-refractivity contribution is 6.01. The van der Waals surface area contributed by atoms with Gasteiger partial charge in [-0.1, -0.05) is 24.5 Å². The van der Waals surface area contributed by atoms with Crippen molar-refractivity contribution in [2.24, 2.45) is 18.9 Å². The number of carbonyl (C=O) groups excluding carboxylic acids is 2. The minimum atomic E-state index is -0.587. The zero-order valence-corrected chi connectivity index (χ0v) is 26.7. The summed E-state index contributed by atoms with van der Waals surface area (Å²) in [5, 5.41) is 4.18. The van der Waals surface area contributed by atoms with Gasteiger partial charge in [-0.2, -0.15) is 0 Å². The van der Waals surface area contributed by atoms with E-state index in [1.54, 1.807) is 7.11 Å². The van der Waals surface area contributed by atoms with Crippen LogP contribution in [0.2, 0.25) is 0 Å². The van der Waals surface area contributed by atoms with E-state index in [1.807, 2.05) is 57.0 Å². The summed E-state index contributed by atoms with van der Waals surface area (Å²) in [6.45, 7) is 7.04. The molecule has 3 aliphatic rings. The van der Waals surface area contributed by atoms with Gasteiger partial charge in [-0.3, -0.25) is 4.79 Å². The van der Waals surface area contributed by atoms with Crippen LogP contribution in [0.5, 0.6) is 5.75 Å². The van der Waals surface area contributed by atoms with Crippen molar-refractivity contribution in [1.29, 1.82) is 0 Å². The van der Waals surface area contributed by atoms with E-state index < -0.39 is 11.7 Å². The number of carbonyl (C=O) groups is 2. The van der Waals surface area contributed by atoms with Crippen LogP contribution in [0.3, 0.4) is 0 Å². The lowest BCUT2D eigenvalue weighted by molar-refractivity contribution is 0.0458. The first-order valence-electron chi connectivity index (χ1n) is 16.0.